The van der Waals surface area contributed by atoms with E-state index in [4.69, 9.17) is 11.6 Å². The lowest BCUT2D eigenvalue weighted by Crippen LogP contribution is -2.05. The first-order valence-electron chi connectivity index (χ1n) is 4.65. The molecule has 1 saturated carbocycles. The van der Waals surface area contributed by atoms with E-state index in [0.29, 0.717) is 5.92 Å². The topological polar surface area (TPSA) is 20.2 Å². The van der Waals surface area contributed by atoms with Gasteiger partial charge in [-0.3, -0.25) is 0 Å². The first-order valence-corrected chi connectivity index (χ1v) is 5.84. The second-order valence-electron chi connectivity index (χ2n) is 3.72. The summed E-state index contributed by atoms with van der Waals surface area (Å²) in [5.41, 5.74) is -0.534. The van der Waals surface area contributed by atoms with E-state index in [9.17, 15) is 5.11 Å². The molecule has 3 heteroatoms. The smallest absolute Gasteiger partial charge is 0.102 e. The number of halogens is 1. The van der Waals surface area contributed by atoms with Crippen LogP contribution in [0.15, 0.2) is 12.1 Å². The Morgan fingerprint density at radius 3 is 3.00 bits per heavy atom. The number of hydrogen-bond donors (Lipinski definition) is 1. The van der Waals surface area contributed by atoms with Crippen LogP contribution in [0.3, 0.4) is 0 Å². The van der Waals surface area contributed by atoms with Crippen LogP contribution < -0.4 is 0 Å². The van der Waals surface area contributed by atoms with Crippen molar-refractivity contribution in [2.45, 2.75) is 31.8 Å². The zero-order valence-electron chi connectivity index (χ0n) is 7.59. The highest BCUT2D eigenvalue weighted by atomic mass is 35.5. The first-order chi connectivity index (χ1) is 6.16. The van der Waals surface area contributed by atoms with Crippen LogP contribution in [-0.2, 0) is 5.60 Å². The quantitative estimate of drug-likeness (QED) is 0.821. The van der Waals surface area contributed by atoms with Crippen LogP contribution in [0.5, 0.6) is 0 Å². The molecule has 0 aromatic carbocycles. The van der Waals surface area contributed by atoms with Crippen molar-refractivity contribution in [1.82, 2.24) is 0 Å². The minimum atomic E-state index is -0.534. The fourth-order valence-electron chi connectivity index (χ4n) is 1.85. The van der Waals surface area contributed by atoms with Crippen LogP contribution in [0.4, 0.5) is 0 Å². The van der Waals surface area contributed by atoms with Crippen LogP contribution in [0.2, 0.25) is 4.34 Å². The molecule has 0 saturated heterocycles. The lowest BCUT2D eigenvalue weighted by molar-refractivity contribution is 0.133. The SMILES string of the molecule is CCCC1CC1(O)c1ccc(Cl)s1. The second-order valence-corrected chi connectivity index (χ2v) is 5.43. The standard InChI is InChI=1S/C10H13ClOS/c1-2-3-7-6-10(7,12)8-4-5-9(11)13-8/h4-5,7,12H,2-3,6H2,1H3. The van der Waals surface area contributed by atoms with Crippen molar-refractivity contribution in [3.8, 4) is 0 Å². The zero-order valence-corrected chi connectivity index (χ0v) is 9.16. The van der Waals surface area contributed by atoms with E-state index in [0.717, 1.165) is 28.5 Å². The molecule has 1 aliphatic carbocycles. The molecule has 1 heterocycles. The Morgan fingerprint density at radius 2 is 2.46 bits per heavy atom. The molecular formula is C10H13ClOS. The van der Waals surface area contributed by atoms with Gasteiger partial charge in [0.15, 0.2) is 0 Å². The van der Waals surface area contributed by atoms with Gasteiger partial charge in [-0.05, 0) is 30.9 Å². The summed E-state index contributed by atoms with van der Waals surface area (Å²) >= 11 is 7.33. The Balaban J connectivity index is 2.11. The Labute approximate surface area is 87.4 Å². The summed E-state index contributed by atoms with van der Waals surface area (Å²) in [6.45, 7) is 2.15. The molecule has 1 aliphatic rings. The normalized spacial score (nSPS) is 32.1. The fraction of sp³-hybridized carbons (Fsp3) is 0.600. The third-order valence-corrected chi connectivity index (χ3v) is 4.11. The summed E-state index contributed by atoms with van der Waals surface area (Å²) in [6, 6.07) is 3.81. The van der Waals surface area contributed by atoms with Crippen LogP contribution >= 0.6 is 22.9 Å². The van der Waals surface area contributed by atoms with Gasteiger partial charge in [-0.15, -0.1) is 11.3 Å². The summed E-state index contributed by atoms with van der Waals surface area (Å²) in [6.07, 6.45) is 3.18. The monoisotopic (exact) mass is 216 g/mol. The summed E-state index contributed by atoms with van der Waals surface area (Å²) in [5.74, 6) is 0.465. The molecule has 0 radical (unpaired) electrons. The van der Waals surface area contributed by atoms with E-state index in [2.05, 4.69) is 6.92 Å². The minimum Gasteiger partial charge on any atom is -0.384 e. The highest BCUT2D eigenvalue weighted by molar-refractivity contribution is 7.16. The summed E-state index contributed by atoms with van der Waals surface area (Å²) < 4.78 is 0.769. The molecule has 1 nitrogen and oxygen atoms in total. The van der Waals surface area contributed by atoms with Crippen molar-refractivity contribution in [1.29, 1.82) is 0 Å². The van der Waals surface area contributed by atoms with Crippen molar-refractivity contribution < 1.29 is 5.11 Å². The van der Waals surface area contributed by atoms with Gasteiger partial charge >= 0.3 is 0 Å². The van der Waals surface area contributed by atoms with Gasteiger partial charge in [0.05, 0.1) is 4.34 Å². The van der Waals surface area contributed by atoms with Gasteiger partial charge in [0.2, 0.25) is 0 Å². The Kier molecular flexibility index (Phi) is 2.39. The molecule has 1 aromatic heterocycles. The molecule has 1 N–H and O–H groups in total. The molecule has 0 aliphatic heterocycles. The van der Waals surface area contributed by atoms with Gasteiger partial charge in [-0.25, -0.2) is 0 Å². The first kappa shape index (κ1) is 9.50. The van der Waals surface area contributed by atoms with Gasteiger partial charge in [-0.1, -0.05) is 24.9 Å². The van der Waals surface area contributed by atoms with E-state index in [-0.39, 0.29) is 0 Å². The molecule has 2 atom stereocenters. The third kappa shape index (κ3) is 1.63. The second kappa shape index (κ2) is 3.26. The van der Waals surface area contributed by atoms with Crippen molar-refractivity contribution in [2.75, 3.05) is 0 Å². The fourth-order valence-corrected chi connectivity index (χ4v) is 3.08. The van der Waals surface area contributed by atoms with Crippen molar-refractivity contribution in [2.24, 2.45) is 5.92 Å². The Hall–Kier alpha value is -0.0500. The lowest BCUT2D eigenvalue weighted by Gasteiger charge is -2.06. The van der Waals surface area contributed by atoms with E-state index < -0.39 is 5.60 Å². The molecular weight excluding hydrogens is 204 g/mol. The number of thiophene rings is 1. The molecule has 1 fully saturated rings. The molecule has 0 spiro atoms. The van der Waals surface area contributed by atoms with E-state index in [1.165, 1.54) is 11.3 Å². The average molecular weight is 217 g/mol. The summed E-state index contributed by atoms with van der Waals surface area (Å²) in [7, 11) is 0. The third-order valence-electron chi connectivity index (χ3n) is 2.71. The maximum absolute atomic E-state index is 10.2. The zero-order chi connectivity index (χ0) is 9.47. The number of rotatable bonds is 3. The van der Waals surface area contributed by atoms with E-state index in [1.54, 1.807) is 0 Å². The summed E-state index contributed by atoms with van der Waals surface area (Å²) in [4.78, 5) is 1.04. The van der Waals surface area contributed by atoms with Crippen LogP contribution in [0.25, 0.3) is 0 Å². The van der Waals surface area contributed by atoms with Crippen molar-refractivity contribution in [3.63, 3.8) is 0 Å². The Bertz CT molecular complexity index is 310. The summed E-state index contributed by atoms with van der Waals surface area (Å²) in [5, 5.41) is 10.2. The van der Waals surface area contributed by atoms with Crippen LogP contribution in [-0.4, -0.2) is 5.11 Å². The predicted molar refractivity (Wildman–Crippen MR) is 56.2 cm³/mol. The molecule has 0 bridgehead atoms. The maximum Gasteiger partial charge on any atom is 0.102 e. The molecule has 72 valence electrons. The highest BCUT2D eigenvalue weighted by Crippen LogP contribution is 2.56. The van der Waals surface area contributed by atoms with Crippen LogP contribution in [0.1, 0.15) is 31.1 Å². The largest absolute Gasteiger partial charge is 0.384 e. The van der Waals surface area contributed by atoms with Gasteiger partial charge in [-0.2, -0.15) is 0 Å². The number of hydrogen-bond acceptors (Lipinski definition) is 2. The minimum absolute atomic E-state index is 0.465. The Morgan fingerprint density at radius 1 is 1.69 bits per heavy atom. The van der Waals surface area contributed by atoms with Crippen molar-refractivity contribution >= 4 is 22.9 Å². The average Bonchev–Trinajstić information content (AvgIpc) is 2.57. The van der Waals surface area contributed by atoms with E-state index in [1.807, 2.05) is 12.1 Å². The number of aliphatic hydroxyl groups is 1. The molecule has 2 unspecified atom stereocenters. The van der Waals surface area contributed by atoms with E-state index >= 15 is 0 Å². The van der Waals surface area contributed by atoms with Gasteiger partial charge < -0.3 is 5.11 Å². The molecule has 13 heavy (non-hydrogen) atoms. The lowest BCUT2D eigenvalue weighted by atomic mass is 10.1. The van der Waals surface area contributed by atoms with Crippen molar-refractivity contribution in [3.05, 3.63) is 21.3 Å². The van der Waals surface area contributed by atoms with Gasteiger partial charge in [0, 0.05) is 4.88 Å². The predicted octanol–water partition coefficient (Wildman–Crippen LogP) is 3.41. The highest BCUT2D eigenvalue weighted by Gasteiger charge is 2.54. The van der Waals surface area contributed by atoms with Gasteiger partial charge in [0.25, 0.3) is 0 Å². The molecule has 0 amide bonds. The van der Waals surface area contributed by atoms with Crippen LogP contribution in [0, 0.1) is 5.92 Å². The molecule has 2 rings (SSSR count). The molecule has 1 aromatic rings. The maximum atomic E-state index is 10.2. The van der Waals surface area contributed by atoms with Gasteiger partial charge in [0.1, 0.15) is 5.60 Å².